The third-order valence-corrected chi connectivity index (χ3v) is 7.73. The molecule has 0 radical (unpaired) electrons. The Morgan fingerprint density at radius 2 is 2.00 bits per heavy atom. The van der Waals surface area contributed by atoms with E-state index >= 15 is 0 Å². The van der Waals surface area contributed by atoms with Gasteiger partial charge in [-0.15, -0.1) is 0 Å². The molecule has 0 N–H and O–H groups in total. The van der Waals surface area contributed by atoms with E-state index in [0.29, 0.717) is 30.4 Å². The minimum atomic E-state index is -0.634. The van der Waals surface area contributed by atoms with Gasteiger partial charge in [0.25, 0.3) is 0 Å². The van der Waals surface area contributed by atoms with E-state index in [1.807, 2.05) is 6.92 Å². The van der Waals surface area contributed by atoms with Crippen molar-refractivity contribution in [3.8, 4) is 0 Å². The zero-order valence-electron chi connectivity index (χ0n) is 16.4. The van der Waals surface area contributed by atoms with E-state index < -0.39 is 22.9 Å². The van der Waals surface area contributed by atoms with Gasteiger partial charge in [-0.25, -0.2) is 4.79 Å². The maximum atomic E-state index is 13.6. The molecule has 1 saturated heterocycles. The topological polar surface area (TPSA) is 78.9 Å². The lowest BCUT2D eigenvalue weighted by molar-refractivity contribution is -0.156. The van der Waals surface area contributed by atoms with Crippen LogP contribution in [0.15, 0.2) is 34.1 Å². The first-order chi connectivity index (χ1) is 13.3. The maximum Gasteiger partial charge on any atom is 0.342 e. The Bertz CT molecular complexity index is 921. The summed E-state index contributed by atoms with van der Waals surface area (Å²) in [7, 11) is 1.58. The van der Waals surface area contributed by atoms with Crippen molar-refractivity contribution in [2.45, 2.75) is 45.6 Å². The third-order valence-electron chi connectivity index (χ3n) is 7.73. The van der Waals surface area contributed by atoms with E-state index in [1.54, 1.807) is 7.11 Å². The number of methoxy groups -OCH3 is 1. The number of carbonyl (C=O) groups excluding carboxylic acids is 3. The average Bonchev–Trinajstić information content (AvgIpc) is 2.98. The molecule has 0 spiro atoms. The number of ether oxygens (including phenoxy) is 3. The highest BCUT2D eigenvalue weighted by Gasteiger charge is 2.61. The molecule has 4 atom stereocenters. The summed E-state index contributed by atoms with van der Waals surface area (Å²) in [5.74, 6) is -0.340. The number of fused-ring (bicyclic) bond motifs is 3. The first-order valence-corrected chi connectivity index (χ1v) is 9.91. The minimum Gasteiger partial charge on any atom is -0.495 e. The summed E-state index contributed by atoms with van der Waals surface area (Å²) in [4.78, 5) is 38.8. The standard InChI is InChI=1S/C22H24O6/c1-21-7-6-14-17(13(21)4-5-15(21)23)19(24)11-8-27-9-12-18(11)22(14,2)16(10-26-3)28-20(12)25/h9,13,16H,4-8,10H2,1-3H3/t13-,16+,21-,22-/m0/s1. The molecule has 6 nitrogen and oxygen atoms in total. The van der Waals surface area contributed by atoms with Gasteiger partial charge in [0.1, 0.15) is 18.5 Å². The van der Waals surface area contributed by atoms with Crippen molar-refractivity contribution in [1.29, 1.82) is 0 Å². The number of cyclic esters (lactones) is 1. The Balaban J connectivity index is 1.75. The van der Waals surface area contributed by atoms with Crippen molar-refractivity contribution in [2.24, 2.45) is 16.7 Å². The fraction of sp³-hybridized carbons (Fsp3) is 0.591. The van der Waals surface area contributed by atoms with Crippen LogP contribution in [0.25, 0.3) is 0 Å². The van der Waals surface area contributed by atoms with Gasteiger partial charge in [-0.3, -0.25) is 9.59 Å². The largest absolute Gasteiger partial charge is 0.495 e. The summed E-state index contributed by atoms with van der Waals surface area (Å²) < 4.78 is 16.6. The lowest BCUT2D eigenvalue weighted by Gasteiger charge is -2.52. The fourth-order valence-corrected chi connectivity index (χ4v) is 6.17. The van der Waals surface area contributed by atoms with Crippen LogP contribution >= 0.6 is 0 Å². The van der Waals surface area contributed by atoms with Crippen molar-refractivity contribution < 1.29 is 28.6 Å². The number of carbonyl (C=O) groups is 3. The van der Waals surface area contributed by atoms with Crippen LogP contribution in [0.1, 0.15) is 39.5 Å². The first kappa shape index (κ1) is 17.9. The monoisotopic (exact) mass is 384 g/mol. The maximum absolute atomic E-state index is 13.6. The van der Waals surface area contributed by atoms with Gasteiger partial charge in [0.05, 0.1) is 23.9 Å². The predicted octanol–water partition coefficient (Wildman–Crippen LogP) is 2.43. The van der Waals surface area contributed by atoms with Crippen molar-refractivity contribution in [3.05, 3.63) is 34.1 Å². The normalized spacial score (nSPS) is 39.1. The molecule has 2 aliphatic heterocycles. The van der Waals surface area contributed by atoms with Crippen LogP contribution < -0.4 is 0 Å². The Kier molecular flexibility index (Phi) is 3.61. The van der Waals surface area contributed by atoms with Gasteiger partial charge in [0, 0.05) is 36.0 Å². The third kappa shape index (κ3) is 1.94. The highest BCUT2D eigenvalue weighted by molar-refractivity contribution is 6.15. The van der Waals surface area contributed by atoms with Gasteiger partial charge in [0.15, 0.2) is 5.78 Å². The Hall–Kier alpha value is -2.21. The Morgan fingerprint density at radius 3 is 2.75 bits per heavy atom. The number of hydrogen-bond donors (Lipinski definition) is 0. The second-order valence-corrected chi connectivity index (χ2v) is 8.90. The fourth-order valence-electron chi connectivity index (χ4n) is 6.17. The molecule has 148 valence electrons. The van der Waals surface area contributed by atoms with Gasteiger partial charge in [-0.05, 0) is 37.3 Å². The quantitative estimate of drug-likeness (QED) is 0.681. The molecular weight excluding hydrogens is 360 g/mol. The van der Waals surface area contributed by atoms with Crippen LogP contribution in [0.3, 0.4) is 0 Å². The molecule has 0 bridgehead atoms. The van der Waals surface area contributed by atoms with E-state index in [1.165, 1.54) is 6.26 Å². The summed E-state index contributed by atoms with van der Waals surface area (Å²) >= 11 is 0. The van der Waals surface area contributed by atoms with Gasteiger partial charge >= 0.3 is 5.97 Å². The second-order valence-electron chi connectivity index (χ2n) is 8.90. The molecule has 1 saturated carbocycles. The van der Waals surface area contributed by atoms with Gasteiger partial charge in [0.2, 0.25) is 0 Å². The van der Waals surface area contributed by atoms with E-state index in [0.717, 1.165) is 23.1 Å². The van der Waals surface area contributed by atoms with E-state index in [-0.39, 0.29) is 30.7 Å². The molecule has 3 aliphatic carbocycles. The van der Waals surface area contributed by atoms with Crippen LogP contribution in [-0.4, -0.2) is 44.0 Å². The lowest BCUT2D eigenvalue weighted by Crippen LogP contribution is -2.54. The van der Waals surface area contributed by atoms with Crippen LogP contribution in [-0.2, 0) is 28.6 Å². The number of ketones is 2. The molecule has 0 aromatic carbocycles. The Labute approximate surface area is 163 Å². The number of hydrogen-bond acceptors (Lipinski definition) is 6. The summed E-state index contributed by atoms with van der Waals surface area (Å²) in [5, 5.41) is 0. The molecule has 6 heteroatoms. The average molecular weight is 384 g/mol. The van der Waals surface area contributed by atoms with Crippen LogP contribution in [0.5, 0.6) is 0 Å². The van der Waals surface area contributed by atoms with Crippen LogP contribution in [0.4, 0.5) is 0 Å². The zero-order valence-corrected chi connectivity index (χ0v) is 16.4. The molecule has 2 fully saturated rings. The summed E-state index contributed by atoms with van der Waals surface area (Å²) in [6, 6.07) is 0. The molecule has 28 heavy (non-hydrogen) atoms. The second kappa shape index (κ2) is 5.66. The molecule has 0 amide bonds. The van der Waals surface area contributed by atoms with Crippen molar-refractivity contribution >= 4 is 17.5 Å². The number of Topliss-reactive ketones (excluding diaryl/α,β-unsaturated/α-hetero) is 2. The molecule has 5 rings (SSSR count). The van der Waals surface area contributed by atoms with Gasteiger partial charge in [-0.1, -0.05) is 6.92 Å². The predicted molar refractivity (Wildman–Crippen MR) is 98.0 cm³/mol. The van der Waals surface area contributed by atoms with Crippen LogP contribution in [0, 0.1) is 16.7 Å². The van der Waals surface area contributed by atoms with Crippen molar-refractivity contribution in [1.82, 2.24) is 0 Å². The zero-order chi connectivity index (χ0) is 19.8. The molecule has 0 aromatic rings. The number of esters is 1. The highest BCUT2D eigenvalue weighted by Crippen LogP contribution is 2.62. The van der Waals surface area contributed by atoms with Crippen molar-refractivity contribution in [3.63, 3.8) is 0 Å². The Morgan fingerprint density at radius 1 is 1.21 bits per heavy atom. The number of allylic oxidation sites excluding steroid dienone is 1. The van der Waals surface area contributed by atoms with Crippen molar-refractivity contribution in [2.75, 3.05) is 20.3 Å². The first-order valence-electron chi connectivity index (χ1n) is 9.91. The van der Waals surface area contributed by atoms with E-state index in [4.69, 9.17) is 14.2 Å². The van der Waals surface area contributed by atoms with Crippen LogP contribution in [0.2, 0.25) is 0 Å². The molecule has 0 unspecified atom stereocenters. The minimum absolute atomic E-state index is 0.0513. The van der Waals surface area contributed by atoms with Gasteiger partial charge < -0.3 is 14.2 Å². The van der Waals surface area contributed by atoms with E-state index in [9.17, 15) is 14.4 Å². The summed E-state index contributed by atoms with van der Waals surface area (Å²) in [6.07, 6.45) is 3.52. The highest BCUT2D eigenvalue weighted by atomic mass is 16.6. The molecule has 5 aliphatic rings. The molecular formula is C22H24O6. The van der Waals surface area contributed by atoms with Gasteiger partial charge in [-0.2, -0.15) is 0 Å². The molecule has 2 heterocycles. The number of rotatable bonds is 2. The summed E-state index contributed by atoms with van der Waals surface area (Å²) in [5.41, 5.74) is 2.31. The SMILES string of the molecule is COC[C@H]1OC(=O)C2=COCC3=C2[C@@]1(C)C1=C(C3=O)[C@@H]2CCC(=O)[C@@]2(C)CC1. The van der Waals surface area contributed by atoms with E-state index in [2.05, 4.69) is 6.92 Å². The smallest absolute Gasteiger partial charge is 0.342 e. The summed E-state index contributed by atoms with van der Waals surface area (Å²) in [6.45, 7) is 4.46. The molecule has 0 aromatic heterocycles. The lowest BCUT2D eigenvalue weighted by atomic mass is 9.53.